The summed E-state index contributed by atoms with van der Waals surface area (Å²) >= 11 is 0. The topological polar surface area (TPSA) is 93.2 Å². The van der Waals surface area contributed by atoms with Crippen molar-refractivity contribution in [2.24, 2.45) is 5.92 Å². The number of hydrogen-bond donors (Lipinski definition) is 2. The van der Waals surface area contributed by atoms with Crippen LogP contribution >= 0.6 is 0 Å². The van der Waals surface area contributed by atoms with E-state index in [1.807, 2.05) is 36.4 Å². The van der Waals surface area contributed by atoms with Crippen LogP contribution in [0.15, 0.2) is 60.8 Å². The van der Waals surface area contributed by atoms with Gasteiger partial charge in [0.2, 0.25) is 5.91 Å². The number of aliphatic hydroxyl groups excluding tert-OH is 1. The van der Waals surface area contributed by atoms with Gasteiger partial charge >= 0.3 is 0 Å². The summed E-state index contributed by atoms with van der Waals surface area (Å²) in [7, 11) is -2.29. The molecule has 1 fully saturated rings. The van der Waals surface area contributed by atoms with E-state index in [0.717, 1.165) is 48.5 Å². The summed E-state index contributed by atoms with van der Waals surface area (Å²) in [6.07, 6.45) is 3.83. The molecular weight excluding hydrogens is 595 g/mol. The van der Waals surface area contributed by atoms with E-state index < -0.39 is 20.5 Å². The molecule has 1 saturated heterocycles. The molecule has 2 aliphatic heterocycles. The lowest BCUT2D eigenvalue weighted by Crippen LogP contribution is -2.54. The summed E-state index contributed by atoms with van der Waals surface area (Å²) in [5, 5.41) is 14.8. The number of ether oxygens (including phenoxy) is 2. The molecule has 0 spiro atoms. The van der Waals surface area contributed by atoms with Gasteiger partial charge in [-0.2, -0.15) is 0 Å². The van der Waals surface area contributed by atoms with Gasteiger partial charge in [0.05, 0.1) is 17.8 Å². The second-order valence-corrected chi connectivity index (χ2v) is 19.4. The fourth-order valence-electron chi connectivity index (χ4n) is 6.62. The minimum Gasteiger partial charge on any atom is -0.486 e. The lowest BCUT2D eigenvalue weighted by molar-refractivity contribution is -0.133. The zero-order valence-electron chi connectivity index (χ0n) is 27.9. The molecule has 3 aliphatic rings. The number of aromatic nitrogens is 1. The zero-order chi connectivity index (χ0) is 32.5. The Balaban J connectivity index is 1.25. The molecule has 246 valence electrons. The third kappa shape index (κ3) is 7.17. The lowest BCUT2D eigenvalue weighted by Gasteiger charge is -2.42. The highest BCUT2D eigenvalue weighted by Gasteiger charge is 2.43. The van der Waals surface area contributed by atoms with Gasteiger partial charge < -0.3 is 29.2 Å². The Labute approximate surface area is 274 Å². The molecule has 1 aromatic heterocycles. The van der Waals surface area contributed by atoms with Crippen LogP contribution in [0.2, 0.25) is 18.1 Å². The molecule has 1 amide bonds. The number of carbonyl (C=O) groups excluding carboxylic acids is 1. The van der Waals surface area contributed by atoms with E-state index in [2.05, 4.69) is 67.3 Å². The standard InChI is InChI=1S/C37H49N3O5Si/c1-37(2,3)46(4,5)45-35(27-13-14-32-33(23-27)44-19-18-43-32)31(24-40-16-8-9-17-40)39-36(42)34(41)29-20-25-11-12-26(21-28(25)22-29)30-10-6-7-15-38-30/h6-7,10-15,21,23,29,31,34-35,41H,8-9,16-20,22,24H2,1-5H3,(H,39,42)/t29?,31-,34?,35-/m1/s1. The number of pyridine rings is 1. The molecule has 2 N–H and O–H groups in total. The van der Waals surface area contributed by atoms with Crippen molar-refractivity contribution in [2.45, 2.75) is 82.8 Å². The van der Waals surface area contributed by atoms with Crippen molar-refractivity contribution in [3.05, 3.63) is 77.5 Å². The molecule has 2 unspecified atom stereocenters. The molecule has 1 aliphatic carbocycles. The number of aliphatic hydroxyl groups is 1. The molecule has 0 bridgehead atoms. The van der Waals surface area contributed by atoms with Crippen molar-refractivity contribution in [1.82, 2.24) is 15.2 Å². The number of carbonyl (C=O) groups is 1. The Morgan fingerprint density at radius 3 is 2.48 bits per heavy atom. The van der Waals surface area contributed by atoms with Gasteiger partial charge in [-0.15, -0.1) is 0 Å². The average molecular weight is 644 g/mol. The highest BCUT2D eigenvalue weighted by atomic mass is 28.4. The Morgan fingerprint density at radius 2 is 1.76 bits per heavy atom. The molecule has 3 heterocycles. The summed E-state index contributed by atoms with van der Waals surface area (Å²) in [6.45, 7) is 14.8. The van der Waals surface area contributed by atoms with Gasteiger partial charge in [0, 0.05) is 24.2 Å². The van der Waals surface area contributed by atoms with Crippen LogP contribution in [0.25, 0.3) is 11.3 Å². The molecule has 8 nitrogen and oxygen atoms in total. The van der Waals surface area contributed by atoms with Gasteiger partial charge in [0.25, 0.3) is 0 Å². The van der Waals surface area contributed by atoms with Crippen LogP contribution in [0.4, 0.5) is 0 Å². The number of amides is 1. The van der Waals surface area contributed by atoms with Crippen LogP contribution < -0.4 is 14.8 Å². The van der Waals surface area contributed by atoms with E-state index in [1.165, 1.54) is 11.1 Å². The van der Waals surface area contributed by atoms with Crippen molar-refractivity contribution in [2.75, 3.05) is 32.8 Å². The Bertz CT molecular complexity index is 1520. The highest BCUT2D eigenvalue weighted by Crippen LogP contribution is 2.42. The maximum atomic E-state index is 14.0. The van der Waals surface area contributed by atoms with E-state index in [0.29, 0.717) is 38.3 Å². The first-order chi connectivity index (χ1) is 22.0. The minimum absolute atomic E-state index is 0.0372. The van der Waals surface area contributed by atoms with Gasteiger partial charge in [-0.05, 0) is 104 Å². The van der Waals surface area contributed by atoms with E-state index in [4.69, 9.17) is 13.9 Å². The monoisotopic (exact) mass is 643 g/mol. The maximum absolute atomic E-state index is 14.0. The SMILES string of the molecule is CC(C)(C)[Si](C)(C)O[C@H](c1ccc2c(c1)OCCO2)[C@@H](CN1CCCC1)NC(=O)C(O)C1Cc2ccc(-c3ccccn3)cc2C1. The largest absolute Gasteiger partial charge is 0.486 e. The molecule has 46 heavy (non-hydrogen) atoms. The lowest BCUT2D eigenvalue weighted by atomic mass is 9.96. The second-order valence-electron chi connectivity index (χ2n) is 14.6. The summed E-state index contributed by atoms with van der Waals surface area (Å²) in [5.74, 6) is 0.889. The smallest absolute Gasteiger partial charge is 0.249 e. The van der Waals surface area contributed by atoms with Gasteiger partial charge in [-0.3, -0.25) is 9.78 Å². The predicted molar refractivity (Wildman–Crippen MR) is 183 cm³/mol. The number of likely N-dealkylation sites (tertiary alicyclic amines) is 1. The number of nitrogens with one attached hydrogen (secondary N) is 1. The quantitative estimate of drug-likeness (QED) is 0.264. The zero-order valence-corrected chi connectivity index (χ0v) is 28.9. The first kappa shape index (κ1) is 32.7. The Morgan fingerprint density at radius 1 is 1.02 bits per heavy atom. The van der Waals surface area contributed by atoms with Crippen LogP contribution in [0.3, 0.4) is 0 Å². The molecule has 9 heteroatoms. The molecular formula is C37H49N3O5Si. The number of fused-ring (bicyclic) bond motifs is 2. The van der Waals surface area contributed by atoms with Crippen molar-refractivity contribution in [3.63, 3.8) is 0 Å². The fourth-order valence-corrected chi connectivity index (χ4v) is 7.91. The van der Waals surface area contributed by atoms with Crippen molar-refractivity contribution in [3.8, 4) is 22.8 Å². The number of hydrogen-bond acceptors (Lipinski definition) is 7. The van der Waals surface area contributed by atoms with Gasteiger partial charge in [-0.25, -0.2) is 0 Å². The molecule has 0 saturated carbocycles. The first-order valence-corrected chi connectivity index (χ1v) is 19.7. The van der Waals surface area contributed by atoms with Crippen LogP contribution in [0.5, 0.6) is 11.5 Å². The average Bonchev–Trinajstić information content (AvgIpc) is 3.72. The highest BCUT2D eigenvalue weighted by molar-refractivity contribution is 6.74. The second kappa shape index (κ2) is 13.5. The summed E-state index contributed by atoms with van der Waals surface area (Å²) in [6, 6.07) is 17.9. The molecule has 6 rings (SSSR count). The molecule has 3 aromatic rings. The Hall–Kier alpha value is -3.24. The number of nitrogens with zero attached hydrogens (tertiary/aromatic N) is 2. The maximum Gasteiger partial charge on any atom is 0.249 e. The minimum atomic E-state index is -2.29. The predicted octanol–water partition coefficient (Wildman–Crippen LogP) is 5.94. The molecule has 2 aromatic carbocycles. The summed E-state index contributed by atoms with van der Waals surface area (Å²) in [4.78, 5) is 20.9. The van der Waals surface area contributed by atoms with E-state index in [9.17, 15) is 9.90 Å². The van der Waals surface area contributed by atoms with Crippen LogP contribution in [0.1, 0.15) is 56.4 Å². The van der Waals surface area contributed by atoms with Gasteiger partial charge in [0.1, 0.15) is 19.3 Å². The summed E-state index contributed by atoms with van der Waals surface area (Å²) < 4.78 is 19.0. The first-order valence-electron chi connectivity index (χ1n) is 16.8. The van der Waals surface area contributed by atoms with E-state index in [1.54, 1.807) is 6.20 Å². The third-order valence-electron chi connectivity index (χ3n) is 10.3. The third-order valence-corrected chi connectivity index (χ3v) is 14.8. The van der Waals surface area contributed by atoms with Gasteiger partial charge in [-0.1, -0.05) is 45.0 Å². The Kier molecular flexibility index (Phi) is 9.57. The van der Waals surface area contributed by atoms with Crippen molar-refractivity contribution in [1.29, 1.82) is 0 Å². The van der Waals surface area contributed by atoms with Crippen molar-refractivity contribution >= 4 is 14.2 Å². The number of rotatable bonds is 10. The van der Waals surface area contributed by atoms with Crippen molar-refractivity contribution < 1.29 is 23.8 Å². The van der Waals surface area contributed by atoms with E-state index in [-0.39, 0.29) is 22.9 Å². The number of benzene rings is 2. The van der Waals surface area contributed by atoms with Crippen LogP contribution in [-0.2, 0) is 22.1 Å². The molecule has 4 atom stereocenters. The normalized spacial score (nSPS) is 20.2. The van der Waals surface area contributed by atoms with E-state index >= 15 is 0 Å². The van der Waals surface area contributed by atoms with Crippen LogP contribution in [-0.4, -0.2) is 74.2 Å². The molecule has 0 radical (unpaired) electrons. The fraction of sp³-hybridized carbons (Fsp3) is 0.514. The van der Waals surface area contributed by atoms with Crippen LogP contribution in [0, 0.1) is 5.92 Å². The van der Waals surface area contributed by atoms with Gasteiger partial charge in [0.15, 0.2) is 19.8 Å². The summed E-state index contributed by atoms with van der Waals surface area (Å²) in [5.41, 5.74) is 5.27.